The minimum Gasteiger partial charge on any atom is -0.408 e. The van der Waals surface area contributed by atoms with E-state index in [1.165, 1.54) is 6.42 Å². The fourth-order valence-corrected chi connectivity index (χ4v) is 0.657. The van der Waals surface area contributed by atoms with Crippen molar-refractivity contribution in [3.8, 4) is 0 Å². The van der Waals surface area contributed by atoms with Gasteiger partial charge in [-0.1, -0.05) is 13.3 Å². The van der Waals surface area contributed by atoms with E-state index in [1.807, 2.05) is 14.1 Å². The minimum absolute atomic E-state index is 0.00606. The fourth-order valence-electron chi connectivity index (χ4n) is 0.657. The van der Waals surface area contributed by atoms with Crippen molar-refractivity contribution in [3.63, 3.8) is 0 Å². The first-order chi connectivity index (χ1) is 4.85. The third-order valence-corrected chi connectivity index (χ3v) is 1.31. The SMILES string of the molecule is CCCCOB(NC)NC. The van der Waals surface area contributed by atoms with Crippen LogP contribution in [0.25, 0.3) is 0 Å². The van der Waals surface area contributed by atoms with E-state index in [0.717, 1.165) is 13.0 Å². The second-order valence-corrected chi connectivity index (χ2v) is 2.18. The first-order valence-corrected chi connectivity index (χ1v) is 3.81. The molecule has 0 aliphatic rings. The molecular formula is C6H17BN2O. The van der Waals surface area contributed by atoms with E-state index in [0.29, 0.717) is 0 Å². The lowest BCUT2D eigenvalue weighted by Crippen LogP contribution is -2.46. The number of nitrogens with one attached hydrogen (secondary N) is 2. The molecule has 0 spiro atoms. The number of hydrogen-bond acceptors (Lipinski definition) is 3. The Morgan fingerprint density at radius 3 is 2.30 bits per heavy atom. The summed E-state index contributed by atoms with van der Waals surface area (Å²) in [5.41, 5.74) is 0. The van der Waals surface area contributed by atoms with Gasteiger partial charge in [0.15, 0.2) is 0 Å². The zero-order valence-electron chi connectivity index (χ0n) is 7.11. The summed E-state index contributed by atoms with van der Waals surface area (Å²) in [5, 5.41) is 5.95. The second kappa shape index (κ2) is 7.06. The molecule has 0 heterocycles. The standard InChI is InChI=1S/C6H17BN2O/c1-4-5-6-10-7(8-2)9-3/h8-9H,4-6H2,1-3H3. The molecule has 0 aliphatic carbocycles. The van der Waals surface area contributed by atoms with Gasteiger partial charge in [0.05, 0.1) is 0 Å². The van der Waals surface area contributed by atoms with Crippen molar-refractivity contribution >= 4 is 7.19 Å². The summed E-state index contributed by atoms with van der Waals surface area (Å²) >= 11 is 0. The maximum absolute atomic E-state index is 5.36. The van der Waals surface area contributed by atoms with Crippen LogP contribution < -0.4 is 10.5 Å². The molecule has 0 aromatic heterocycles. The molecule has 0 atom stereocenters. The van der Waals surface area contributed by atoms with E-state index in [-0.39, 0.29) is 7.19 Å². The van der Waals surface area contributed by atoms with Gasteiger partial charge in [0.1, 0.15) is 0 Å². The van der Waals surface area contributed by atoms with Crippen LogP contribution in [0.4, 0.5) is 0 Å². The summed E-state index contributed by atoms with van der Waals surface area (Å²) in [6, 6.07) is 0. The molecule has 3 nitrogen and oxygen atoms in total. The largest absolute Gasteiger partial charge is 0.472 e. The summed E-state index contributed by atoms with van der Waals surface area (Å²) in [6.07, 6.45) is 2.31. The van der Waals surface area contributed by atoms with Crippen molar-refractivity contribution in [2.75, 3.05) is 20.7 Å². The molecule has 0 amide bonds. The van der Waals surface area contributed by atoms with Gasteiger partial charge in [0.25, 0.3) is 0 Å². The van der Waals surface area contributed by atoms with Gasteiger partial charge in [-0.25, -0.2) is 0 Å². The van der Waals surface area contributed by atoms with E-state index in [1.54, 1.807) is 0 Å². The molecule has 0 aromatic rings. The Morgan fingerprint density at radius 2 is 1.90 bits per heavy atom. The topological polar surface area (TPSA) is 33.3 Å². The fraction of sp³-hybridized carbons (Fsp3) is 1.00. The van der Waals surface area contributed by atoms with E-state index in [2.05, 4.69) is 17.4 Å². The van der Waals surface area contributed by atoms with Crippen molar-refractivity contribution in [3.05, 3.63) is 0 Å². The Kier molecular flexibility index (Phi) is 7.02. The summed E-state index contributed by atoms with van der Waals surface area (Å²) < 4.78 is 5.36. The van der Waals surface area contributed by atoms with Crippen LogP contribution >= 0.6 is 0 Å². The van der Waals surface area contributed by atoms with Crippen LogP contribution in [-0.2, 0) is 4.65 Å². The summed E-state index contributed by atoms with van der Waals surface area (Å²) in [4.78, 5) is 0. The first kappa shape index (κ1) is 9.94. The molecule has 0 fully saturated rings. The molecule has 4 heteroatoms. The maximum Gasteiger partial charge on any atom is 0.472 e. The number of hydrogen-bond donors (Lipinski definition) is 2. The molecule has 0 saturated heterocycles. The molecule has 0 unspecified atom stereocenters. The van der Waals surface area contributed by atoms with E-state index >= 15 is 0 Å². The molecule has 0 radical (unpaired) electrons. The van der Waals surface area contributed by atoms with Crippen LogP contribution in [0.5, 0.6) is 0 Å². The highest BCUT2D eigenvalue weighted by atomic mass is 16.4. The van der Waals surface area contributed by atoms with Crippen LogP contribution in [0.15, 0.2) is 0 Å². The molecule has 10 heavy (non-hydrogen) atoms. The summed E-state index contributed by atoms with van der Waals surface area (Å²) in [7, 11) is 3.74. The lowest BCUT2D eigenvalue weighted by molar-refractivity contribution is 0.299. The smallest absolute Gasteiger partial charge is 0.408 e. The van der Waals surface area contributed by atoms with Crippen molar-refractivity contribution < 1.29 is 4.65 Å². The average Bonchev–Trinajstić information content (AvgIpc) is 1.99. The highest BCUT2D eigenvalue weighted by Crippen LogP contribution is 1.87. The number of unbranched alkanes of at least 4 members (excludes halogenated alkanes) is 1. The van der Waals surface area contributed by atoms with Gasteiger partial charge in [-0.15, -0.1) is 0 Å². The summed E-state index contributed by atoms with van der Waals surface area (Å²) in [5.74, 6) is 0. The van der Waals surface area contributed by atoms with Gasteiger partial charge in [0.2, 0.25) is 0 Å². The zero-order chi connectivity index (χ0) is 7.82. The molecule has 0 saturated carbocycles. The van der Waals surface area contributed by atoms with Gasteiger partial charge in [-0.2, -0.15) is 0 Å². The normalized spacial score (nSPS) is 9.90. The highest BCUT2D eigenvalue weighted by molar-refractivity contribution is 6.45. The van der Waals surface area contributed by atoms with Crippen molar-refractivity contribution in [1.82, 2.24) is 10.5 Å². The number of rotatable bonds is 6. The lowest BCUT2D eigenvalue weighted by Gasteiger charge is -2.09. The molecule has 2 N–H and O–H groups in total. The molecule has 0 bridgehead atoms. The second-order valence-electron chi connectivity index (χ2n) is 2.18. The average molecular weight is 144 g/mol. The van der Waals surface area contributed by atoms with E-state index in [4.69, 9.17) is 4.65 Å². The van der Waals surface area contributed by atoms with Crippen LogP contribution in [0.2, 0.25) is 0 Å². The Labute approximate surface area is 63.7 Å². The Balaban J connectivity index is 3.09. The predicted octanol–water partition coefficient (Wildman–Crippen LogP) is 0.227. The van der Waals surface area contributed by atoms with Gasteiger partial charge >= 0.3 is 7.19 Å². The van der Waals surface area contributed by atoms with Crippen molar-refractivity contribution in [1.29, 1.82) is 0 Å². The minimum atomic E-state index is 0.00606. The van der Waals surface area contributed by atoms with Gasteiger partial charge in [0, 0.05) is 6.61 Å². The van der Waals surface area contributed by atoms with Crippen LogP contribution in [0.1, 0.15) is 19.8 Å². The monoisotopic (exact) mass is 144 g/mol. The van der Waals surface area contributed by atoms with Crippen LogP contribution in [0.3, 0.4) is 0 Å². The van der Waals surface area contributed by atoms with Gasteiger partial charge in [-0.05, 0) is 20.5 Å². The van der Waals surface area contributed by atoms with E-state index < -0.39 is 0 Å². The predicted molar refractivity (Wildman–Crippen MR) is 44.7 cm³/mol. The third-order valence-electron chi connectivity index (χ3n) is 1.31. The van der Waals surface area contributed by atoms with Crippen LogP contribution in [0, 0.1) is 0 Å². The van der Waals surface area contributed by atoms with Crippen molar-refractivity contribution in [2.24, 2.45) is 0 Å². The van der Waals surface area contributed by atoms with Gasteiger partial charge in [-0.3, -0.25) is 0 Å². The quantitative estimate of drug-likeness (QED) is 0.413. The molecule has 0 aliphatic heterocycles. The Bertz CT molecular complexity index is 68.8. The molecule has 60 valence electrons. The Hall–Kier alpha value is -0.0551. The summed E-state index contributed by atoms with van der Waals surface area (Å²) in [6.45, 7) is 2.97. The van der Waals surface area contributed by atoms with Crippen molar-refractivity contribution in [2.45, 2.75) is 19.8 Å². The first-order valence-electron chi connectivity index (χ1n) is 3.81. The maximum atomic E-state index is 5.36. The highest BCUT2D eigenvalue weighted by Gasteiger charge is 2.08. The molecular weight excluding hydrogens is 127 g/mol. The van der Waals surface area contributed by atoms with E-state index in [9.17, 15) is 0 Å². The van der Waals surface area contributed by atoms with Crippen LogP contribution in [-0.4, -0.2) is 27.9 Å². The molecule has 0 rings (SSSR count). The van der Waals surface area contributed by atoms with Gasteiger partial charge < -0.3 is 15.1 Å². The lowest BCUT2D eigenvalue weighted by atomic mass is 10.0. The third kappa shape index (κ3) is 4.79. The zero-order valence-corrected chi connectivity index (χ0v) is 7.11. The Morgan fingerprint density at radius 1 is 1.30 bits per heavy atom. The molecule has 0 aromatic carbocycles.